The van der Waals surface area contributed by atoms with E-state index in [0.717, 1.165) is 0 Å². The SMILES string of the molecule is OC[C@H]1OC(n2ccnn2)[C@H](O)[C@@H]1O. The Balaban J connectivity index is 2.16. The van der Waals surface area contributed by atoms with E-state index < -0.39 is 24.5 Å². The number of aromatic nitrogens is 3. The zero-order chi connectivity index (χ0) is 10.1. The molecule has 1 aliphatic heterocycles. The molecule has 14 heavy (non-hydrogen) atoms. The van der Waals surface area contributed by atoms with Crippen LogP contribution in [-0.2, 0) is 4.74 Å². The quantitative estimate of drug-likeness (QED) is 0.506. The Hall–Kier alpha value is -1.02. The third kappa shape index (κ3) is 1.40. The summed E-state index contributed by atoms with van der Waals surface area (Å²) in [6.07, 6.45) is -0.818. The number of hydrogen-bond donors (Lipinski definition) is 3. The highest BCUT2D eigenvalue weighted by molar-refractivity contribution is 4.88. The molecule has 7 heteroatoms. The molecule has 1 aromatic rings. The summed E-state index contributed by atoms with van der Waals surface area (Å²) >= 11 is 0. The molecule has 1 unspecified atom stereocenters. The average molecular weight is 201 g/mol. The van der Waals surface area contributed by atoms with E-state index in [1.54, 1.807) is 0 Å². The Morgan fingerprint density at radius 2 is 2.14 bits per heavy atom. The minimum absolute atomic E-state index is 0.344. The molecule has 0 aliphatic carbocycles. The van der Waals surface area contributed by atoms with E-state index in [0.29, 0.717) is 0 Å². The first-order valence-electron chi connectivity index (χ1n) is 4.22. The summed E-state index contributed by atoms with van der Waals surface area (Å²) in [6, 6.07) is 0. The average Bonchev–Trinajstić information content (AvgIpc) is 2.78. The van der Waals surface area contributed by atoms with Crippen LogP contribution in [0, 0.1) is 0 Å². The lowest BCUT2D eigenvalue weighted by molar-refractivity contribution is -0.0594. The standard InChI is InChI=1S/C7H11N3O4/c11-3-4-5(12)6(13)7(14-4)10-2-1-8-9-10/h1-2,4-7,11-13H,3H2/t4-,5-,6-,7?/m1/s1. The molecule has 2 heterocycles. The molecule has 1 aliphatic rings. The first-order chi connectivity index (χ1) is 6.74. The van der Waals surface area contributed by atoms with E-state index in [9.17, 15) is 10.2 Å². The Kier molecular flexibility index (Phi) is 2.46. The molecule has 0 bridgehead atoms. The molecule has 1 saturated heterocycles. The normalized spacial score (nSPS) is 37.6. The van der Waals surface area contributed by atoms with Gasteiger partial charge in [-0.25, -0.2) is 4.68 Å². The monoisotopic (exact) mass is 201 g/mol. The van der Waals surface area contributed by atoms with E-state index in [1.165, 1.54) is 17.1 Å². The van der Waals surface area contributed by atoms with Gasteiger partial charge in [-0.05, 0) is 0 Å². The van der Waals surface area contributed by atoms with Crippen molar-refractivity contribution in [3.8, 4) is 0 Å². The van der Waals surface area contributed by atoms with Crippen molar-refractivity contribution in [2.24, 2.45) is 0 Å². The fourth-order valence-corrected chi connectivity index (χ4v) is 1.45. The van der Waals surface area contributed by atoms with Gasteiger partial charge < -0.3 is 20.1 Å². The molecule has 1 aromatic heterocycles. The van der Waals surface area contributed by atoms with Gasteiger partial charge in [0, 0.05) is 6.20 Å². The van der Waals surface area contributed by atoms with Crippen molar-refractivity contribution < 1.29 is 20.1 Å². The summed E-state index contributed by atoms with van der Waals surface area (Å²) in [5.74, 6) is 0. The number of rotatable bonds is 2. The van der Waals surface area contributed by atoms with Crippen molar-refractivity contribution in [1.29, 1.82) is 0 Å². The molecule has 0 saturated carbocycles. The first kappa shape index (κ1) is 9.53. The number of ether oxygens (including phenoxy) is 1. The predicted molar refractivity (Wildman–Crippen MR) is 43.0 cm³/mol. The minimum atomic E-state index is -1.10. The van der Waals surface area contributed by atoms with Crippen LogP contribution in [-0.4, -0.2) is 55.2 Å². The topological polar surface area (TPSA) is 101 Å². The van der Waals surface area contributed by atoms with Crippen LogP contribution >= 0.6 is 0 Å². The van der Waals surface area contributed by atoms with Crippen LogP contribution < -0.4 is 0 Å². The Labute approximate surface area is 79.5 Å². The van der Waals surface area contributed by atoms with Crippen molar-refractivity contribution in [1.82, 2.24) is 15.0 Å². The zero-order valence-electron chi connectivity index (χ0n) is 7.26. The van der Waals surface area contributed by atoms with Gasteiger partial charge in [0.15, 0.2) is 6.23 Å². The summed E-state index contributed by atoms with van der Waals surface area (Å²) in [4.78, 5) is 0. The molecule has 0 amide bonds. The fourth-order valence-electron chi connectivity index (χ4n) is 1.45. The van der Waals surface area contributed by atoms with Crippen molar-refractivity contribution in [3.05, 3.63) is 12.4 Å². The molecule has 1 fully saturated rings. The molecule has 7 nitrogen and oxygen atoms in total. The maximum Gasteiger partial charge on any atom is 0.180 e. The second-order valence-corrected chi connectivity index (χ2v) is 3.11. The molecule has 0 aromatic carbocycles. The second kappa shape index (κ2) is 3.62. The van der Waals surface area contributed by atoms with Gasteiger partial charge in [-0.2, -0.15) is 0 Å². The Morgan fingerprint density at radius 1 is 1.36 bits per heavy atom. The minimum Gasteiger partial charge on any atom is -0.394 e. The third-order valence-electron chi connectivity index (χ3n) is 2.22. The lowest BCUT2D eigenvalue weighted by Gasteiger charge is -2.13. The van der Waals surface area contributed by atoms with Gasteiger partial charge in [-0.1, -0.05) is 5.21 Å². The summed E-state index contributed by atoms with van der Waals surface area (Å²) in [5, 5.41) is 35.0. The van der Waals surface area contributed by atoms with Crippen LogP contribution in [0.15, 0.2) is 12.4 Å². The van der Waals surface area contributed by atoms with Gasteiger partial charge in [0.2, 0.25) is 0 Å². The number of nitrogens with zero attached hydrogens (tertiary/aromatic N) is 3. The van der Waals surface area contributed by atoms with Gasteiger partial charge in [0.1, 0.15) is 18.3 Å². The number of hydrogen-bond acceptors (Lipinski definition) is 6. The molecule has 3 N–H and O–H groups in total. The van der Waals surface area contributed by atoms with Crippen LogP contribution in [0.5, 0.6) is 0 Å². The van der Waals surface area contributed by atoms with Crippen LogP contribution in [0.1, 0.15) is 6.23 Å². The van der Waals surface area contributed by atoms with Crippen molar-refractivity contribution in [2.45, 2.75) is 24.5 Å². The van der Waals surface area contributed by atoms with E-state index in [2.05, 4.69) is 10.3 Å². The van der Waals surface area contributed by atoms with Gasteiger partial charge in [0.25, 0.3) is 0 Å². The van der Waals surface area contributed by atoms with Gasteiger partial charge >= 0.3 is 0 Å². The molecule has 0 spiro atoms. The summed E-state index contributed by atoms with van der Waals surface area (Å²) < 4.78 is 6.49. The first-order valence-corrected chi connectivity index (χ1v) is 4.22. The summed E-state index contributed by atoms with van der Waals surface area (Å²) in [7, 11) is 0. The van der Waals surface area contributed by atoms with Crippen molar-refractivity contribution >= 4 is 0 Å². The van der Waals surface area contributed by atoms with Crippen molar-refractivity contribution in [3.63, 3.8) is 0 Å². The van der Waals surface area contributed by atoms with Crippen LogP contribution in [0.3, 0.4) is 0 Å². The highest BCUT2D eigenvalue weighted by Gasteiger charge is 2.43. The Morgan fingerprint density at radius 3 is 2.64 bits per heavy atom. The molecular formula is C7H11N3O4. The van der Waals surface area contributed by atoms with E-state index in [-0.39, 0.29) is 6.61 Å². The smallest absolute Gasteiger partial charge is 0.180 e. The van der Waals surface area contributed by atoms with Gasteiger partial charge in [0.05, 0.1) is 12.8 Å². The highest BCUT2D eigenvalue weighted by atomic mass is 16.6. The number of aliphatic hydroxyl groups is 3. The van der Waals surface area contributed by atoms with Crippen LogP contribution in [0.25, 0.3) is 0 Å². The molecule has 78 valence electrons. The lowest BCUT2D eigenvalue weighted by atomic mass is 10.1. The molecule has 4 atom stereocenters. The van der Waals surface area contributed by atoms with Gasteiger partial charge in [-0.15, -0.1) is 5.10 Å². The summed E-state index contributed by atoms with van der Waals surface area (Å²) in [5.41, 5.74) is 0. The maximum atomic E-state index is 9.56. The molecule has 2 rings (SSSR count). The lowest BCUT2D eigenvalue weighted by Crippen LogP contribution is -2.33. The second-order valence-electron chi connectivity index (χ2n) is 3.11. The summed E-state index contributed by atoms with van der Waals surface area (Å²) in [6.45, 7) is -0.344. The Bertz CT molecular complexity index is 291. The fraction of sp³-hybridized carbons (Fsp3) is 0.714. The van der Waals surface area contributed by atoms with Crippen molar-refractivity contribution in [2.75, 3.05) is 6.61 Å². The molecule has 0 radical (unpaired) electrons. The van der Waals surface area contributed by atoms with Crippen LogP contribution in [0.2, 0.25) is 0 Å². The van der Waals surface area contributed by atoms with Crippen LogP contribution in [0.4, 0.5) is 0 Å². The number of aliphatic hydroxyl groups excluding tert-OH is 3. The van der Waals surface area contributed by atoms with Gasteiger partial charge in [-0.3, -0.25) is 0 Å². The van der Waals surface area contributed by atoms with E-state index in [4.69, 9.17) is 9.84 Å². The molecular weight excluding hydrogens is 190 g/mol. The third-order valence-corrected chi connectivity index (χ3v) is 2.22. The largest absolute Gasteiger partial charge is 0.394 e. The predicted octanol–water partition coefficient (Wildman–Crippen LogP) is -2.11. The van der Waals surface area contributed by atoms with E-state index >= 15 is 0 Å². The van der Waals surface area contributed by atoms with E-state index in [1.807, 2.05) is 0 Å². The maximum absolute atomic E-state index is 9.56. The zero-order valence-corrected chi connectivity index (χ0v) is 7.26. The highest BCUT2D eigenvalue weighted by Crippen LogP contribution is 2.27.